The van der Waals surface area contributed by atoms with Crippen LogP contribution in [0, 0.1) is 0 Å². The molecule has 0 aliphatic rings. The van der Waals surface area contributed by atoms with E-state index in [1.165, 1.54) is 77.0 Å². The van der Waals surface area contributed by atoms with Crippen LogP contribution in [0.4, 0.5) is 0 Å². The lowest BCUT2D eigenvalue weighted by Crippen LogP contribution is -2.17. The van der Waals surface area contributed by atoms with E-state index in [0.29, 0.717) is 6.42 Å². The lowest BCUT2D eigenvalue weighted by Gasteiger charge is -2.03. The SMILES string of the molecule is CCCCCCCCCCCCCCCC(=O)NN=C(C)C. The molecule has 130 valence electrons. The molecule has 0 atom stereocenters. The summed E-state index contributed by atoms with van der Waals surface area (Å²) in [6.45, 7) is 6.03. The molecule has 0 aromatic rings. The van der Waals surface area contributed by atoms with Crippen molar-refractivity contribution in [2.24, 2.45) is 5.10 Å². The first kappa shape index (κ1) is 21.1. The van der Waals surface area contributed by atoms with Crippen molar-refractivity contribution < 1.29 is 4.79 Å². The first-order valence-corrected chi connectivity index (χ1v) is 9.46. The normalized spacial score (nSPS) is 10.5. The third-order valence-corrected chi connectivity index (χ3v) is 3.91. The van der Waals surface area contributed by atoms with Gasteiger partial charge < -0.3 is 0 Å². The van der Waals surface area contributed by atoms with Crippen molar-refractivity contribution in [2.45, 2.75) is 111 Å². The molecule has 1 amide bonds. The lowest BCUT2D eigenvalue weighted by atomic mass is 10.0. The van der Waals surface area contributed by atoms with E-state index in [9.17, 15) is 4.79 Å². The number of nitrogens with zero attached hydrogens (tertiary/aromatic N) is 1. The average Bonchev–Trinajstić information content (AvgIpc) is 2.49. The number of unbranched alkanes of at least 4 members (excludes halogenated alkanes) is 12. The lowest BCUT2D eigenvalue weighted by molar-refractivity contribution is -0.121. The molecule has 22 heavy (non-hydrogen) atoms. The molecular formula is C19H38N2O. The molecule has 0 fully saturated rings. The number of hydrazone groups is 1. The summed E-state index contributed by atoms with van der Waals surface area (Å²) < 4.78 is 0. The van der Waals surface area contributed by atoms with Crippen LogP contribution in [0.2, 0.25) is 0 Å². The standard InChI is InChI=1S/C19H38N2O/c1-4-5-6-7-8-9-10-11-12-13-14-15-16-17-19(22)21-20-18(2)3/h4-17H2,1-3H3,(H,21,22). The van der Waals surface area contributed by atoms with Crippen LogP contribution in [-0.2, 0) is 4.79 Å². The molecule has 0 bridgehead atoms. The van der Waals surface area contributed by atoms with Gasteiger partial charge in [0.15, 0.2) is 0 Å². The van der Waals surface area contributed by atoms with E-state index in [4.69, 9.17) is 0 Å². The fraction of sp³-hybridized carbons (Fsp3) is 0.895. The van der Waals surface area contributed by atoms with Crippen LogP contribution in [0.25, 0.3) is 0 Å². The van der Waals surface area contributed by atoms with E-state index in [-0.39, 0.29) is 5.91 Å². The molecular weight excluding hydrogens is 272 g/mol. The van der Waals surface area contributed by atoms with Gasteiger partial charge in [-0.1, -0.05) is 84.0 Å². The molecule has 0 radical (unpaired) electrons. The van der Waals surface area contributed by atoms with E-state index in [1.54, 1.807) is 0 Å². The van der Waals surface area contributed by atoms with E-state index < -0.39 is 0 Å². The summed E-state index contributed by atoms with van der Waals surface area (Å²) in [6, 6.07) is 0. The Bertz CT molecular complexity index is 283. The van der Waals surface area contributed by atoms with Gasteiger partial charge in [-0.15, -0.1) is 0 Å². The summed E-state index contributed by atoms with van der Waals surface area (Å²) in [5, 5.41) is 3.92. The molecule has 0 aromatic carbocycles. The van der Waals surface area contributed by atoms with Crippen molar-refractivity contribution in [1.82, 2.24) is 5.43 Å². The second kappa shape index (κ2) is 16.5. The van der Waals surface area contributed by atoms with Gasteiger partial charge in [-0.3, -0.25) is 4.79 Å². The third kappa shape index (κ3) is 17.2. The van der Waals surface area contributed by atoms with Gasteiger partial charge in [-0.2, -0.15) is 5.10 Å². The molecule has 0 aliphatic carbocycles. The van der Waals surface area contributed by atoms with E-state index in [1.807, 2.05) is 13.8 Å². The van der Waals surface area contributed by atoms with E-state index in [0.717, 1.165) is 12.1 Å². The summed E-state index contributed by atoms with van der Waals surface area (Å²) in [5.74, 6) is 0.0456. The number of rotatable bonds is 15. The maximum atomic E-state index is 11.4. The first-order valence-electron chi connectivity index (χ1n) is 9.46. The van der Waals surface area contributed by atoms with Crippen LogP contribution in [0.15, 0.2) is 5.10 Å². The summed E-state index contributed by atoms with van der Waals surface area (Å²) >= 11 is 0. The van der Waals surface area contributed by atoms with Crippen molar-refractivity contribution >= 4 is 11.6 Å². The molecule has 0 aliphatic heterocycles. The Kier molecular flexibility index (Phi) is 15.9. The van der Waals surface area contributed by atoms with Gasteiger partial charge in [0.05, 0.1) is 0 Å². The van der Waals surface area contributed by atoms with Gasteiger partial charge in [0, 0.05) is 12.1 Å². The number of nitrogens with one attached hydrogen (secondary N) is 1. The highest BCUT2D eigenvalue weighted by Gasteiger charge is 1.99. The molecule has 0 aromatic heterocycles. The second-order valence-electron chi connectivity index (χ2n) is 6.59. The monoisotopic (exact) mass is 310 g/mol. The summed E-state index contributed by atoms with van der Waals surface area (Å²) in [4.78, 5) is 11.4. The highest BCUT2D eigenvalue weighted by atomic mass is 16.2. The van der Waals surface area contributed by atoms with Gasteiger partial charge in [-0.25, -0.2) is 5.43 Å². The van der Waals surface area contributed by atoms with Crippen LogP contribution < -0.4 is 5.43 Å². The number of carbonyl (C=O) groups is 1. The summed E-state index contributed by atoms with van der Waals surface area (Å²) in [6.07, 6.45) is 17.9. The quantitative estimate of drug-likeness (QED) is 0.226. The van der Waals surface area contributed by atoms with Crippen molar-refractivity contribution in [1.29, 1.82) is 0 Å². The Hall–Kier alpha value is -0.860. The zero-order valence-corrected chi connectivity index (χ0v) is 15.3. The fourth-order valence-corrected chi connectivity index (χ4v) is 2.53. The van der Waals surface area contributed by atoms with Crippen LogP contribution in [-0.4, -0.2) is 11.6 Å². The molecule has 3 heteroatoms. The molecule has 0 saturated heterocycles. The van der Waals surface area contributed by atoms with Crippen molar-refractivity contribution in [2.75, 3.05) is 0 Å². The Morgan fingerprint density at radius 1 is 0.727 bits per heavy atom. The summed E-state index contributed by atoms with van der Waals surface area (Å²) in [7, 11) is 0. The number of hydrogen-bond donors (Lipinski definition) is 1. The second-order valence-corrected chi connectivity index (χ2v) is 6.59. The zero-order chi connectivity index (χ0) is 16.5. The number of carbonyl (C=O) groups excluding carboxylic acids is 1. The predicted molar refractivity (Wildman–Crippen MR) is 97.2 cm³/mol. The van der Waals surface area contributed by atoms with Crippen LogP contribution in [0.5, 0.6) is 0 Å². The van der Waals surface area contributed by atoms with Crippen molar-refractivity contribution in [3.8, 4) is 0 Å². The van der Waals surface area contributed by atoms with Gasteiger partial charge >= 0.3 is 0 Å². The third-order valence-electron chi connectivity index (χ3n) is 3.91. The minimum Gasteiger partial charge on any atom is -0.273 e. The van der Waals surface area contributed by atoms with Gasteiger partial charge in [0.25, 0.3) is 0 Å². The van der Waals surface area contributed by atoms with Gasteiger partial charge in [-0.05, 0) is 20.3 Å². The van der Waals surface area contributed by atoms with Gasteiger partial charge in [0.1, 0.15) is 0 Å². The Morgan fingerprint density at radius 2 is 1.14 bits per heavy atom. The van der Waals surface area contributed by atoms with Crippen LogP contribution in [0.3, 0.4) is 0 Å². The zero-order valence-electron chi connectivity index (χ0n) is 15.3. The first-order chi connectivity index (χ1) is 10.7. The highest BCUT2D eigenvalue weighted by molar-refractivity contribution is 5.82. The minimum absolute atomic E-state index is 0.0456. The predicted octanol–water partition coefficient (Wildman–Crippen LogP) is 5.98. The molecule has 3 nitrogen and oxygen atoms in total. The molecule has 1 N–H and O–H groups in total. The smallest absolute Gasteiger partial charge is 0.240 e. The fourth-order valence-electron chi connectivity index (χ4n) is 2.53. The number of amides is 1. The van der Waals surface area contributed by atoms with Crippen LogP contribution >= 0.6 is 0 Å². The molecule has 0 saturated carbocycles. The van der Waals surface area contributed by atoms with Crippen molar-refractivity contribution in [3.63, 3.8) is 0 Å². The van der Waals surface area contributed by atoms with Crippen molar-refractivity contribution in [3.05, 3.63) is 0 Å². The number of hydrogen-bond acceptors (Lipinski definition) is 2. The average molecular weight is 311 g/mol. The van der Waals surface area contributed by atoms with E-state index >= 15 is 0 Å². The summed E-state index contributed by atoms with van der Waals surface area (Å²) in [5.41, 5.74) is 3.46. The molecule has 0 spiro atoms. The van der Waals surface area contributed by atoms with Gasteiger partial charge in [0.2, 0.25) is 5.91 Å². The maximum Gasteiger partial charge on any atom is 0.240 e. The Balaban J connectivity index is 3.14. The molecule has 0 unspecified atom stereocenters. The highest BCUT2D eigenvalue weighted by Crippen LogP contribution is 2.12. The minimum atomic E-state index is 0.0456. The molecule has 0 rings (SSSR count). The maximum absolute atomic E-state index is 11.4. The largest absolute Gasteiger partial charge is 0.273 e. The topological polar surface area (TPSA) is 41.5 Å². The Labute approximate surface area is 138 Å². The van der Waals surface area contributed by atoms with E-state index in [2.05, 4.69) is 17.5 Å². The molecule has 0 heterocycles. The Morgan fingerprint density at radius 3 is 1.55 bits per heavy atom. The van der Waals surface area contributed by atoms with Crippen LogP contribution in [0.1, 0.15) is 111 Å².